The third kappa shape index (κ3) is 3.14. The molecule has 0 unspecified atom stereocenters. The van der Waals surface area contributed by atoms with Crippen LogP contribution in [0.25, 0.3) is 11.3 Å². The highest BCUT2D eigenvalue weighted by molar-refractivity contribution is 5.64. The van der Waals surface area contributed by atoms with E-state index in [2.05, 4.69) is 27.2 Å². The van der Waals surface area contributed by atoms with Crippen molar-refractivity contribution in [3.8, 4) is 22.9 Å². The average molecular weight is 274 g/mol. The summed E-state index contributed by atoms with van der Waals surface area (Å²) in [5.74, 6) is 1.83. The zero-order chi connectivity index (χ0) is 14.4. The van der Waals surface area contributed by atoms with Gasteiger partial charge in [0.2, 0.25) is 0 Å². The highest BCUT2D eigenvalue weighted by Crippen LogP contribution is 2.29. The van der Waals surface area contributed by atoms with Gasteiger partial charge < -0.3 is 14.8 Å². The summed E-state index contributed by atoms with van der Waals surface area (Å²) in [7, 11) is 3.14. The summed E-state index contributed by atoms with van der Waals surface area (Å²) >= 11 is 0. The maximum atomic E-state index is 5.25. The molecule has 6 nitrogen and oxygen atoms in total. The van der Waals surface area contributed by atoms with E-state index in [1.807, 2.05) is 12.1 Å². The largest absolute Gasteiger partial charge is 0.491 e. The summed E-state index contributed by atoms with van der Waals surface area (Å²) < 4.78 is 10.4. The van der Waals surface area contributed by atoms with Crippen LogP contribution in [0, 0.1) is 0 Å². The van der Waals surface area contributed by atoms with Gasteiger partial charge in [0.1, 0.15) is 12.1 Å². The van der Waals surface area contributed by atoms with Crippen LogP contribution in [0.5, 0.6) is 11.6 Å². The zero-order valence-corrected chi connectivity index (χ0v) is 11.9. The highest BCUT2D eigenvalue weighted by Gasteiger charge is 2.09. The van der Waals surface area contributed by atoms with E-state index < -0.39 is 0 Å². The standard InChI is InChI=1S/C14H18N4O2/c1-4-5-15-13-7-11(17-9-18-13)10-6-12(19-2)14(20-3)16-8-10/h6-9H,4-5H2,1-3H3,(H,15,17,18). The molecular weight excluding hydrogens is 256 g/mol. The van der Waals surface area contributed by atoms with Crippen LogP contribution in [0.15, 0.2) is 24.7 Å². The van der Waals surface area contributed by atoms with Gasteiger partial charge in [-0.05, 0) is 12.5 Å². The highest BCUT2D eigenvalue weighted by atomic mass is 16.5. The number of hydrogen-bond acceptors (Lipinski definition) is 6. The molecule has 0 saturated carbocycles. The molecule has 2 heterocycles. The van der Waals surface area contributed by atoms with Crippen molar-refractivity contribution in [1.82, 2.24) is 15.0 Å². The third-order valence-electron chi connectivity index (χ3n) is 2.75. The van der Waals surface area contributed by atoms with Crippen LogP contribution in [0.4, 0.5) is 5.82 Å². The zero-order valence-electron chi connectivity index (χ0n) is 11.9. The number of nitrogens with one attached hydrogen (secondary N) is 1. The molecule has 2 aromatic heterocycles. The number of ether oxygens (including phenoxy) is 2. The first-order valence-corrected chi connectivity index (χ1v) is 6.42. The Bertz CT molecular complexity index is 575. The van der Waals surface area contributed by atoms with Crippen LogP contribution in [0.2, 0.25) is 0 Å². The van der Waals surface area contributed by atoms with Gasteiger partial charge in [-0.2, -0.15) is 0 Å². The lowest BCUT2D eigenvalue weighted by molar-refractivity contribution is 0.343. The molecule has 0 aromatic carbocycles. The summed E-state index contributed by atoms with van der Waals surface area (Å²) in [5, 5.41) is 3.23. The summed E-state index contributed by atoms with van der Waals surface area (Å²) in [6.45, 7) is 2.98. The van der Waals surface area contributed by atoms with Gasteiger partial charge in [-0.25, -0.2) is 15.0 Å². The molecule has 106 valence electrons. The Morgan fingerprint density at radius 2 is 1.95 bits per heavy atom. The Morgan fingerprint density at radius 3 is 2.65 bits per heavy atom. The predicted molar refractivity (Wildman–Crippen MR) is 77.1 cm³/mol. The molecule has 0 aliphatic rings. The molecule has 2 aromatic rings. The minimum Gasteiger partial charge on any atom is -0.491 e. The second-order valence-corrected chi connectivity index (χ2v) is 4.15. The molecule has 0 spiro atoms. The minimum atomic E-state index is 0.453. The number of methoxy groups -OCH3 is 2. The average Bonchev–Trinajstić information content (AvgIpc) is 2.52. The van der Waals surface area contributed by atoms with Crippen molar-refractivity contribution in [2.45, 2.75) is 13.3 Å². The Morgan fingerprint density at radius 1 is 1.10 bits per heavy atom. The molecule has 2 rings (SSSR count). The molecule has 20 heavy (non-hydrogen) atoms. The van der Waals surface area contributed by atoms with E-state index in [1.165, 1.54) is 6.33 Å². The first-order chi connectivity index (χ1) is 9.78. The van der Waals surface area contributed by atoms with Crippen LogP contribution in [-0.2, 0) is 0 Å². The predicted octanol–water partition coefficient (Wildman–Crippen LogP) is 2.38. The molecule has 0 atom stereocenters. The normalized spacial score (nSPS) is 10.2. The summed E-state index contributed by atoms with van der Waals surface area (Å²) in [4.78, 5) is 12.6. The number of nitrogens with zero attached hydrogens (tertiary/aromatic N) is 3. The third-order valence-corrected chi connectivity index (χ3v) is 2.75. The van der Waals surface area contributed by atoms with Gasteiger partial charge in [-0.1, -0.05) is 6.92 Å². The molecule has 0 amide bonds. The fourth-order valence-corrected chi connectivity index (χ4v) is 1.74. The Hall–Kier alpha value is -2.37. The lowest BCUT2D eigenvalue weighted by atomic mass is 10.2. The smallest absolute Gasteiger partial charge is 0.256 e. The first kappa shape index (κ1) is 14.0. The van der Waals surface area contributed by atoms with Gasteiger partial charge in [0.15, 0.2) is 5.75 Å². The second kappa shape index (κ2) is 6.70. The van der Waals surface area contributed by atoms with Crippen LogP contribution in [-0.4, -0.2) is 35.7 Å². The molecular formula is C14H18N4O2. The lowest BCUT2D eigenvalue weighted by Crippen LogP contribution is -2.02. The lowest BCUT2D eigenvalue weighted by Gasteiger charge is -2.09. The number of anilines is 1. The monoisotopic (exact) mass is 274 g/mol. The Labute approximate surface area is 118 Å². The van der Waals surface area contributed by atoms with E-state index in [-0.39, 0.29) is 0 Å². The van der Waals surface area contributed by atoms with E-state index in [4.69, 9.17) is 9.47 Å². The Kier molecular flexibility index (Phi) is 4.70. The Balaban J connectivity index is 2.31. The van der Waals surface area contributed by atoms with Crippen molar-refractivity contribution in [1.29, 1.82) is 0 Å². The topological polar surface area (TPSA) is 69.2 Å². The minimum absolute atomic E-state index is 0.453. The number of pyridine rings is 1. The van der Waals surface area contributed by atoms with Crippen LogP contribution in [0.1, 0.15) is 13.3 Å². The SMILES string of the molecule is CCCNc1cc(-c2cnc(OC)c(OC)c2)ncn1. The van der Waals surface area contributed by atoms with Crippen LogP contribution >= 0.6 is 0 Å². The summed E-state index contributed by atoms with van der Waals surface area (Å²) in [6, 6.07) is 3.73. The van der Waals surface area contributed by atoms with Gasteiger partial charge in [0.05, 0.1) is 19.9 Å². The molecule has 0 aliphatic heterocycles. The maximum Gasteiger partial charge on any atom is 0.256 e. The number of aromatic nitrogens is 3. The van der Waals surface area contributed by atoms with Crippen LogP contribution in [0.3, 0.4) is 0 Å². The van der Waals surface area contributed by atoms with E-state index in [0.717, 1.165) is 30.0 Å². The number of hydrogen-bond donors (Lipinski definition) is 1. The van der Waals surface area contributed by atoms with E-state index in [1.54, 1.807) is 20.4 Å². The van der Waals surface area contributed by atoms with E-state index >= 15 is 0 Å². The first-order valence-electron chi connectivity index (χ1n) is 6.42. The molecule has 6 heteroatoms. The molecule has 0 fully saturated rings. The van der Waals surface area contributed by atoms with Gasteiger partial charge in [-0.3, -0.25) is 0 Å². The fraction of sp³-hybridized carbons (Fsp3) is 0.357. The molecule has 0 aliphatic carbocycles. The van der Waals surface area contributed by atoms with Gasteiger partial charge in [0.25, 0.3) is 5.88 Å². The van der Waals surface area contributed by atoms with Gasteiger partial charge in [-0.15, -0.1) is 0 Å². The summed E-state index contributed by atoms with van der Waals surface area (Å²) in [6.07, 6.45) is 4.27. The van der Waals surface area contributed by atoms with Crippen molar-refractivity contribution in [2.75, 3.05) is 26.1 Å². The summed E-state index contributed by atoms with van der Waals surface area (Å²) in [5.41, 5.74) is 1.64. The van der Waals surface area contributed by atoms with Crippen molar-refractivity contribution in [2.24, 2.45) is 0 Å². The van der Waals surface area contributed by atoms with Crippen molar-refractivity contribution < 1.29 is 9.47 Å². The molecule has 1 N–H and O–H groups in total. The molecule has 0 bridgehead atoms. The van der Waals surface area contributed by atoms with Crippen molar-refractivity contribution in [3.63, 3.8) is 0 Å². The molecule has 0 saturated heterocycles. The van der Waals surface area contributed by atoms with E-state index in [0.29, 0.717) is 11.6 Å². The quantitative estimate of drug-likeness (QED) is 0.872. The van der Waals surface area contributed by atoms with Gasteiger partial charge in [0, 0.05) is 24.4 Å². The number of rotatable bonds is 6. The fourth-order valence-electron chi connectivity index (χ4n) is 1.74. The van der Waals surface area contributed by atoms with Crippen LogP contribution < -0.4 is 14.8 Å². The maximum absolute atomic E-state index is 5.25. The van der Waals surface area contributed by atoms with Gasteiger partial charge >= 0.3 is 0 Å². The van der Waals surface area contributed by atoms with Crippen molar-refractivity contribution in [3.05, 3.63) is 24.7 Å². The van der Waals surface area contributed by atoms with Crippen molar-refractivity contribution >= 4 is 5.82 Å². The molecule has 0 radical (unpaired) electrons. The second-order valence-electron chi connectivity index (χ2n) is 4.15. The van der Waals surface area contributed by atoms with E-state index in [9.17, 15) is 0 Å².